The number of likely N-dealkylation sites (tertiary alicyclic amines) is 1. The van der Waals surface area contributed by atoms with Crippen LogP contribution in [0.25, 0.3) is 22.4 Å². The molecule has 0 radical (unpaired) electrons. The van der Waals surface area contributed by atoms with E-state index < -0.39 is 0 Å². The van der Waals surface area contributed by atoms with Gasteiger partial charge in [-0.3, -0.25) is 14.8 Å². The lowest BCUT2D eigenvalue weighted by atomic mass is 9.93. The van der Waals surface area contributed by atoms with Crippen LogP contribution >= 0.6 is 0 Å². The third-order valence-corrected chi connectivity index (χ3v) is 7.37. The van der Waals surface area contributed by atoms with Crippen molar-refractivity contribution in [1.29, 1.82) is 0 Å². The fourth-order valence-electron chi connectivity index (χ4n) is 5.62. The molecule has 2 aliphatic heterocycles. The number of fused-ring (bicyclic) bond motifs is 2. The number of nitrogens with zero attached hydrogens (tertiary/aromatic N) is 4. The third-order valence-electron chi connectivity index (χ3n) is 7.37. The van der Waals surface area contributed by atoms with Crippen LogP contribution in [0.4, 0.5) is 0 Å². The van der Waals surface area contributed by atoms with Crippen molar-refractivity contribution < 1.29 is 9.21 Å². The van der Waals surface area contributed by atoms with Crippen molar-refractivity contribution >= 4 is 17.0 Å². The molecule has 0 aliphatic carbocycles. The number of aromatic nitrogens is 3. The molecule has 4 aromatic rings. The van der Waals surface area contributed by atoms with Gasteiger partial charge in [0.15, 0.2) is 11.5 Å². The third kappa shape index (κ3) is 4.60. The Balaban J connectivity index is 1.13. The fourth-order valence-corrected chi connectivity index (χ4v) is 5.62. The summed E-state index contributed by atoms with van der Waals surface area (Å²) in [7, 11) is 0. The van der Waals surface area contributed by atoms with Gasteiger partial charge in [-0.05, 0) is 49.1 Å². The lowest BCUT2D eigenvalue weighted by molar-refractivity contribution is -0.133. The van der Waals surface area contributed by atoms with E-state index in [0.29, 0.717) is 24.8 Å². The van der Waals surface area contributed by atoms with E-state index in [1.165, 1.54) is 5.56 Å². The minimum absolute atomic E-state index is 0.261. The molecule has 2 aromatic carbocycles. The maximum absolute atomic E-state index is 13.3. The predicted molar refractivity (Wildman–Crippen MR) is 135 cm³/mol. The van der Waals surface area contributed by atoms with Gasteiger partial charge in [0.1, 0.15) is 5.52 Å². The number of aryl methyl sites for hydroxylation is 1. The van der Waals surface area contributed by atoms with Gasteiger partial charge in [-0.2, -0.15) is 5.10 Å². The Bertz CT molecular complexity index is 1340. The zero-order valence-electron chi connectivity index (χ0n) is 20.2. The molecule has 6 rings (SSSR count). The number of carbonyl (C=O) groups is 1. The molecule has 0 saturated carbocycles. The number of rotatable bonds is 5. The molecule has 1 amide bonds. The molecule has 35 heavy (non-hydrogen) atoms. The largest absolute Gasteiger partial charge is 0.441 e. The first-order chi connectivity index (χ1) is 17.1. The molecule has 1 saturated heterocycles. The first-order valence-corrected chi connectivity index (χ1v) is 12.6. The van der Waals surface area contributed by atoms with Gasteiger partial charge in [-0.25, -0.2) is 4.98 Å². The molecule has 1 fully saturated rings. The van der Waals surface area contributed by atoms with Crippen molar-refractivity contribution in [1.82, 2.24) is 25.0 Å². The average Bonchev–Trinajstić information content (AvgIpc) is 3.46. The normalized spacial score (nSPS) is 18.7. The van der Waals surface area contributed by atoms with E-state index in [4.69, 9.17) is 4.42 Å². The summed E-state index contributed by atoms with van der Waals surface area (Å²) in [6.07, 6.45) is 3.72. The number of piperidine rings is 1. The van der Waals surface area contributed by atoms with Crippen LogP contribution in [-0.4, -0.2) is 50.5 Å². The van der Waals surface area contributed by atoms with Crippen LogP contribution in [0, 0.1) is 12.8 Å². The minimum Gasteiger partial charge on any atom is -0.441 e. The van der Waals surface area contributed by atoms with Crippen molar-refractivity contribution in [3.05, 3.63) is 71.2 Å². The van der Waals surface area contributed by atoms with Crippen LogP contribution < -0.4 is 0 Å². The van der Waals surface area contributed by atoms with Crippen molar-refractivity contribution in [2.24, 2.45) is 5.92 Å². The Hall–Kier alpha value is -3.45. The molecule has 2 aromatic heterocycles. The Kier molecular flexibility index (Phi) is 5.86. The molecule has 0 unspecified atom stereocenters. The lowest BCUT2D eigenvalue weighted by Crippen LogP contribution is -2.40. The van der Waals surface area contributed by atoms with E-state index >= 15 is 0 Å². The summed E-state index contributed by atoms with van der Waals surface area (Å²) in [6, 6.07) is 16.6. The van der Waals surface area contributed by atoms with Crippen molar-refractivity contribution in [2.45, 2.75) is 45.7 Å². The number of aromatic amines is 1. The summed E-state index contributed by atoms with van der Waals surface area (Å²) < 4.78 is 5.62. The molecule has 1 N–H and O–H groups in total. The quantitative estimate of drug-likeness (QED) is 0.458. The van der Waals surface area contributed by atoms with Crippen LogP contribution in [0.15, 0.2) is 52.9 Å². The lowest BCUT2D eigenvalue weighted by Gasteiger charge is -2.34. The summed E-state index contributed by atoms with van der Waals surface area (Å²) in [6.45, 7) is 6.28. The van der Waals surface area contributed by atoms with Gasteiger partial charge < -0.3 is 9.32 Å². The summed E-state index contributed by atoms with van der Waals surface area (Å²) >= 11 is 0. The number of carbonyl (C=O) groups excluding carboxylic acids is 1. The van der Waals surface area contributed by atoms with Crippen LogP contribution in [0.3, 0.4) is 0 Å². The van der Waals surface area contributed by atoms with E-state index in [-0.39, 0.29) is 5.91 Å². The standard InChI is InChI=1S/C28H31N5O2/c1-19-29-25-15-22(9-10-26(25)35-19)28-23-18-33(13-11-24(23)30-31-28)27(34)14-21-8-5-12-32(17-21)16-20-6-3-2-4-7-20/h2-4,6-7,9-10,15,21H,5,8,11-14,16-18H2,1H3,(H,30,31)/t21-/m0/s1. The number of hydrogen-bond donors (Lipinski definition) is 1. The van der Waals surface area contributed by atoms with Crippen LogP contribution in [0.1, 0.15) is 42.0 Å². The van der Waals surface area contributed by atoms with Gasteiger partial charge in [-0.15, -0.1) is 0 Å². The van der Waals surface area contributed by atoms with Crippen molar-refractivity contribution in [3.63, 3.8) is 0 Å². The average molecular weight is 470 g/mol. The number of amides is 1. The summed E-state index contributed by atoms with van der Waals surface area (Å²) in [4.78, 5) is 22.3. The van der Waals surface area contributed by atoms with E-state index in [2.05, 4.69) is 50.4 Å². The minimum atomic E-state index is 0.261. The molecule has 180 valence electrons. The zero-order chi connectivity index (χ0) is 23.8. The second-order valence-corrected chi connectivity index (χ2v) is 9.94. The highest BCUT2D eigenvalue weighted by molar-refractivity contribution is 5.81. The molecular weight excluding hydrogens is 438 g/mol. The zero-order valence-corrected chi connectivity index (χ0v) is 20.2. The second-order valence-electron chi connectivity index (χ2n) is 9.94. The molecule has 0 bridgehead atoms. The van der Waals surface area contributed by atoms with E-state index in [9.17, 15) is 4.79 Å². The van der Waals surface area contributed by atoms with E-state index in [1.54, 1.807) is 0 Å². The molecular formula is C28H31N5O2. The van der Waals surface area contributed by atoms with Gasteiger partial charge in [0.2, 0.25) is 5.91 Å². The van der Waals surface area contributed by atoms with E-state index in [0.717, 1.165) is 79.1 Å². The van der Waals surface area contributed by atoms with Crippen LogP contribution in [0.5, 0.6) is 0 Å². The summed E-state index contributed by atoms with van der Waals surface area (Å²) in [5.74, 6) is 1.34. The molecule has 7 heteroatoms. The van der Waals surface area contributed by atoms with Gasteiger partial charge >= 0.3 is 0 Å². The second kappa shape index (κ2) is 9.30. The highest BCUT2D eigenvalue weighted by Crippen LogP contribution is 2.31. The van der Waals surface area contributed by atoms with Crippen LogP contribution in [0.2, 0.25) is 0 Å². The Labute approximate surface area is 205 Å². The monoisotopic (exact) mass is 469 g/mol. The molecule has 0 spiro atoms. The summed E-state index contributed by atoms with van der Waals surface area (Å²) in [5, 5.41) is 7.82. The number of H-pyrrole nitrogens is 1. The highest BCUT2D eigenvalue weighted by Gasteiger charge is 2.29. The molecule has 1 atom stereocenters. The molecule has 7 nitrogen and oxygen atoms in total. The van der Waals surface area contributed by atoms with Gasteiger partial charge in [-0.1, -0.05) is 30.3 Å². The van der Waals surface area contributed by atoms with Gasteiger partial charge in [0.05, 0.1) is 5.69 Å². The van der Waals surface area contributed by atoms with Gasteiger partial charge in [0, 0.05) is 62.8 Å². The van der Waals surface area contributed by atoms with Crippen molar-refractivity contribution in [3.8, 4) is 11.3 Å². The number of benzene rings is 2. The number of nitrogens with one attached hydrogen (secondary N) is 1. The Morgan fingerprint density at radius 1 is 1.17 bits per heavy atom. The first kappa shape index (κ1) is 22.0. The van der Waals surface area contributed by atoms with Crippen molar-refractivity contribution in [2.75, 3.05) is 19.6 Å². The smallest absolute Gasteiger partial charge is 0.223 e. The van der Waals surface area contributed by atoms with Gasteiger partial charge in [0.25, 0.3) is 0 Å². The maximum atomic E-state index is 13.3. The Morgan fingerprint density at radius 3 is 2.94 bits per heavy atom. The SMILES string of the molecule is Cc1nc2cc(-c3n[nH]c4c3CN(C(=O)C[C@@H]3CCCN(Cc5ccccc5)C3)CC4)ccc2o1. The topological polar surface area (TPSA) is 78.3 Å². The maximum Gasteiger partial charge on any atom is 0.223 e. The molecule has 4 heterocycles. The molecule has 2 aliphatic rings. The fraction of sp³-hybridized carbons (Fsp3) is 0.393. The number of oxazole rings is 1. The van der Waals surface area contributed by atoms with Crippen LogP contribution in [-0.2, 0) is 24.3 Å². The summed E-state index contributed by atoms with van der Waals surface area (Å²) in [5.41, 5.74) is 7.12. The predicted octanol–water partition coefficient (Wildman–Crippen LogP) is 4.71. The van der Waals surface area contributed by atoms with E-state index in [1.807, 2.05) is 30.0 Å². The number of hydrogen-bond acceptors (Lipinski definition) is 5. The Morgan fingerprint density at radius 2 is 2.06 bits per heavy atom. The first-order valence-electron chi connectivity index (χ1n) is 12.6. The highest BCUT2D eigenvalue weighted by atomic mass is 16.3.